The maximum atomic E-state index is 12.9. The summed E-state index contributed by atoms with van der Waals surface area (Å²) in [4.78, 5) is -0.462. The molecule has 4 rings (SSSR count). The predicted molar refractivity (Wildman–Crippen MR) is 92.6 cm³/mol. The molecule has 144 valence electrons. The van der Waals surface area contributed by atoms with Crippen LogP contribution in [0.1, 0.15) is 24.5 Å². The van der Waals surface area contributed by atoms with Crippen LogP contribution in [0.3, 0.4) is 0 Å². The van der Waals surface area contributed by atoms with Crippen molar-refractivity contribution in [2.24, 2.45) is 0 Å². The molecular formula is C19H18F3NO3S. The minimum atomic E-state index is -4.61. The van der Waals surface area contributed by atoms with Gasteiger partial charge < -0.3 is 10.1 Å². The second-order valence-electron chi connectivity index (χ2n) is 7.17. The first kappa shape index (κ1) is 18.3. The molecule has 2 aromatic carbocycles. The maximum absolute atomic E-state index is 12.9. The smallest absolute Gasteiger partial charge is 0.416 e. The first-order chi connectivity index (χ1) is 12.6. The Morgan fingerprint density at radius 3 is 2.63 bits per heavy atom. The Bertz CT molecular complexity index is 1000. The molecule has 2 aromatic rings. The molecule has 0 saturated carbocycles. The number of fused-ring (bicyclic) bond motifs is 3. The van der Waals surface area contributed by atoms with Gasteiger partial charge in [0.15, 0.2) is 0 Å². The van der Waals surface area contributed by atoms with E-state index in [0.29, 0.717) is 18.4 Å². The molecule has 2 heterocycles. The van der Waals surface area contributed by atoms with Gasteiger partial charge in [-0.3, -0.25) is 0 Å². The molecule has 1 saturated heterocycles. The first-order valence-electron chi connectivity index (χ1n) is 8.57. The van der Waals surface area contributed by atoms with E-state index in [0.717, 1.165) is 30.7 Å². The monoisotopic (exact) mass is 397 g/mol. The lowest BCUT2D eigenvalue weighted by atomic mass is 9.74. The molecule has 0 bridgehead atoms. The summed E-state index contributed by atoms with van der Waals surface area (Å²) >= 11 is 0. The number of rotatable bonds is 2. The number of nitrogens with one attached hydrogen (secondary N) is 1. The Morgan fingerprint density at radius 2 is 1.89 bits per heavy atom. The highest BCUT2D eigenvalue weighted by atomic mass is 32.2. The third kappa shape index (κ3) is 2.91. The fourth-order valence-corrected chi connectivity index (χ4v) is 5.14. The lowest BCUT2D eigenvalue weighted by molar-refractivity contribution is -0.137. The summed E-state index contributed by atoms with van der Waals surface area (Å²) in [6.45, 7) is 3.60. The molecule has 27 heavy (non-hydrogen) atoms. The van der Waals surface area contributed by atoms with Crippen LogP contribution in [-0.2, 0) is 21.4 Å². The van der Waals surface area contributed by atoms with E-state index in [1.165, 1.54) is 18.2 Å². The molecule has 1 fully saturated rings. The van der Waals surface area contributed by atoms with Crippen molar-refractivity contribution in [2.45, 2.75) is 40.8 Å². The van der Waals surface area contributed by atoms with Crippen LogP contribution in [0.4, 0.5) is 13.2 Å². The van der Waals surface area contributed by atoms with E-state index in [4.69, 9.17) is 4.74 Å². The summed E-state index contributed by atoms with van der Waals surface area (Å²) in [5, 5.41) is 3.26. The lowest BCUT2D eigenvalue weighted by Gasteiger charge is -2.35. The normalized spacial score (nSPS) is 24.8. The van der Waals surface area contributed by atoms with Crippen LogP contribution in [0.15, 0.2) is 52.3 Å². The van der Waals surface area contributed by atoms with Crippen molar-refractivity contribution in [3.05, 3.63) is 53.6 Å². The molecule has 2 atom stereocenters. The van der Waals surface area contributed by atoms with E-state index in [1.54, 1.807) is 6.07 Å². The number of piperidine rings is 1. The van der Waals surface area contributed by atoms with E-state index in [-0.39, 0.29) is 21.3 Å². The molecule has 0 aromatic heterocycles. The summed E-state index contributed by atoms with van der Waals surface area (Å²) in [7, 11) is -4.09. The zero-order chi connectivity index (χ0) is 19.4. The van der Waals surface area contributed by atoms with Crippen LogP contribution in [-0.4, -0.2) is 27.6 Å². The van der Waals surface area contributed by atoms with Crippen LogP contribution in [0.25, 0.3) is 0 Å². The minimum absolute atomic E-state index is 0.0734. The Kier molecular flexibility index (Phi) is 4.05. The average Bonchev–Trinajstić information content (AvgIpc) is 2.93. The molecule has 4 nitrogen and oxygen atoms in total. The molecule has 0 spiro atoms. The van der Waals surface area contributed by atoms with E-state index in [9.17, 15) is 21.6 Å². The summed E-state index contributed by atoms with van der Waals surface area (Å²) < 4.78 is 70.5. The van der Waals surface area contributed by atoms with Crippen LogP contribution in [0.5, 0.6) is 5.75 Å². The minimum Gasteiger partial charge on any atom is -0.488 e. The quantitative estimate of drug-likeness (QED) is 0.842. The fraction of sp³-hybridized carbons (Fsp3) is 0.368. The largest absolute Gasteiger partial charge is 0.488 e. The van der Waals surface area contributed by atoms with Gasteiger partial charge in [-0.1, -0.05) is 19.1 Å². The van der Waals surface area contributed by atoms with Crippen LogP contribution >= 0.6 is 0 Å². The van der Waals surface area contributed by atoms with Gasteiger partial charge in [-0.25, -0.2) is 8.42 Å². The van der Waals surface area contributed by atoms with Crippen molar-refractivity contribution < 1.29 is 26.3 Å². The van der Waals surface area contributed by atoms with Gasteiger partial charge in [-0.05, 0) is 43.3 Å². The molecule has 2 aliphatic rings. The van der Waals surface area contributed by atoms with Crippen molar-refractivity contribution in [2.75, 3.05) is 13.1 Å². The Morgan fingerprint density at radius 1 is 1.15 bits per heavy atom. The number of alkyl halides is 3. The van der Waals surface area contributed by atoms with Crippen LogP contribution in [0.2, 0.25) is 0 Å². The Labute approximate surface area is 155 Å². The molecule has 2 aliphatic heterocycles. The predicted octanol–water partition coefficient (Wildman–Crippen LogP) is 3.55. The number of ether oxygens (including phenoxy) is 1. The highest BCUT2D eigenvalue weighted by Crippen LogP contribution is 2.47. The van der Waals surface area contributed by atoms with Gasteiger partial charge >= 0.3 is 6.18 Å². The molecule has 8 heteroatoms. The van der Waals surface area contributed by atoms with E-state index >= 15 is 0 Å². The molecule has 1 N–H and O–H groups in total. The van der Waals surface area contributed by atoms with E-state index in [1.807, 2.05) is 0 Å². The topological polar surface area (TPSA) is 55.4 Å². The summed E-state index contributed by atoms with van der Waals surface area (Å²) in [5.41, 5.74) is -0.249. The van der Waals surface area contributed by atoms with Crippen molar-refractivity contribution in [1.82, 2.24) is 5.32 Å². The van der Waals surface area contributed by atoms with Gasteiger partial charge in [0.25, 0.3) is 0 Å². The van der Waals surface area contributed by atoms with Crippen LogP contribution < -0.4 is 10.1 Å². The number of hydrogen-bond acceptors (Lipinski definition) is 4. The number of hydrogen-bond donors (Lipinski definition) is 1. The third-order valence-electron chi connectivity index (χ3n) is 5.48. The van der Waals surface area contributed by atoms with Gasteiger partial charge in [-0.15, -0.1) is 0 Å². The van der Waals surface area contributed by atoms with Crippen LogP contribution in [0, 0.1) is 0 Å². The fourth-order valence-electron chi connectivity index (χ4n) is 3.82. The summed E-state index contributed by atoms with van der Waals surface area (Å²) in [5.74, 6) is 0.485. The lowest BCUT2D eigenvalue weighted by Crippen LogP contribution is -2.49. The average molecular weight is 397 g/mol. The highest BCUT2D eigenvalue weighted by Gasteiger charge is 2.47. The second kappa shape index (κ2) is 5.97. The number of benzene rings is 2. The molecule has 0 amide bonds. The van der Waals surface area contributed by atoms with Gasteiger partial charge in [0, 0.05) is 17.5 Å². The molecular weight excluding hydrogens is 379 g/mol. The molecule has 2 unspecified atom stereocenters. The summed E-state index contributed by atoms with van der Waals surface area (Å²) in [6.07, 6.45) is -3.83. The molecule has 0 radical (unpaired) electrons. The van der Waals surface area contributed by atoms with Gasteiger partial charge in [0.2, 0.25) is 9.84 Å². The van der Waals surface area contributed by atoms with E-state index in [2.05, 4.69) is 12.2 Å². The number of halogens is 3. The SMILES string of the molecule is CC12CCNCC1Oc1cc(S(=O)(=O)c3cccc(C(F)(F)F)c3)ccc12. The third-order valence-corrected chi connectivity index (χ3v) is 7.23. The number of sulfone groups is 1. The Hall–Kier alpha value is -2.06. The van der Waals surface area contributed by atoms with Crippen molar-refractivity contribution in [3.63, 3.8) is 0 Å². The Balaban J connectivity index is 1.75. The second-order valence-corrected chi connectivity index (χ2v) is 9.11. The van der Waals surface area contributed by atoms with Gasteiger partial charge in [0.05, 0.1) is 15.4 Å². The first-order valence-corrected chi connectivity index (χ1v) is 10.0. The standard InChI is InChI=1S/C19H18F3NO3S/c1-18-7-8-23-11-17(18)26-16-10-14(5-6-15(16)18)27(24,25)13-4-2-3-12(9-13)19(20,21)22/h2-6,9-10,17,23H,7-8,11H2,1H3. The van der Waals surface area contributed by atoms with Crippen molar-refractivity contribution >= 4 is 9.84 Å². The molecule has 0 aliphatic carbocycles. The van der Waals surface area contributed by atoms with E-state index < -0.39 is 21.6 Å². The zero-order valence-electron chi connectivity index (χ0n) is 14.5. The summed E-state index contributed by atoms with van der Waals surface area (Å²) in [6, 6.07) is 8.38. The van der Waals surface area contributed by atoms with Gasteiger partial charge in [-0.2, -0.15) is 13.2 Å². The maximum Gasteiger partial charge on any atom is 0.416 e. The highest BCUT2D eigenvalue weighted by molar-refractivity contribution is 7.91. The zero-order valence-corrected chi connectivity index (χ0v) is 15.3. The van der Waals surface area contributed by atoms with Gasteiger partial charge in [0.1, 0.15) is 11.9 Å². The van der Waals surface area contributed by atoms with Crippen molar-refractivity contribution in [1.29, 1.82) is 0 Å². The van der Waals surface area contributed by atoms with Crippen molar-refractivity contribution in [3.8, 4) is 5.75 Å².